The molecule has 3 rings (SSSR count). The molecule has 0 fully saturated rings. The van der Waals surface area contributed by atoms with Crippen LogP contribution < -0.4 is 10.9 Å². The topological polar surface area (TPSA) is 58.9 Å². The Morgan fingerprint density at radius 3 is 1.21 bits per heavy atom. The Bertz CT molecular complexity index is 1160. The van der Waals surface area contributed by atoms with Crippen molar-refractivity contribution < 1.29 is 19.5 Å². The highest BCUT2D eigenvalue weighted by molar-refractivity contribution is 6.47. The Kier molecular flexibility index (Phi) is 14.3. The van der Waals surface area contributed by atoms with Gasteiger partial charge in [-0.2, -0.15) is 0 Å². The van der Waals surface area contributed by atoms with E-state index in [0.29, 0.717) is 0 Å². The van der Waals surface area contributed by atoms with Gasteiger partial charge >= 0.3 is 15.0 Å². The number of benzene rings is 2. The summed E-state index contributed by atoms with van der Waals surface area (Å²) < 4.78 is 12.5. The molecule has 0 unspecified atom stereocenters. The molecule has 0 saturated carbocycles. The summed E-state index contributed by atoms with van der Waals surface area (Å²) in [6, 6.07) is 13.6. The monoisotopic (exact) mass is 645 g/mol. The molecule has 0 atom stereocenters. The van der Waals surface area contributed by atoms with Gasteiger partial charge in [0.1, 0.15) is 0 Å². The van der Waals surface area contributed by atoms with Crippen LogP contribution in [0.2, 0.25) is 0 Å². The molecular weight excluding hydrogens is 578 g/mol. The van der Waals surface area contributed by atoms with Gasteiger partial charge in [0, 0.05) is 5.41 Å². The molecule has 0 spiro atoms. The zero-order chi connectivity index (χ0) is 34.9. The number of aliphatic hydroxyl groups is 2. The van der Waals surface area contributed by atoms with Crippen LogP contribution in [0.1, 0.15) is 170 Å². The van der Waals surface area contributed by atoms with Gasteiger partial charge in [0.15, 0.2) is 0 Å². The van der Waals surface area contributed by atoms with Gasteiger partial charge in [-0.15, -0.1) is 0 Å². The highest BCUT2D eigenvalue weighted by Crippen LogP contribution is 2.53. The average molecular weight is 645 g/mol. The molecule has 6 heteroatoms. The smallest absolute Gasteiger partial charge is 0.330 e. The molecule has 47 heavy (non-hydrogen) atoms. The third kappa shape index (κ3) is 10.2. The molecule has 0 saturated heterocycles. The quantitative estimate of drug-likeness (QED) is 0.0992. The van der Waals surface area contributed by atoms with Gasteiger partial charge < -0.3 is 19.5 Å². The van der Waals surface area contributed by atoms with E-state index in [9.17, 15) is 10.2 Å². The summed E-state index contributed by atoms with van der Waals surface area (Å²) >= 11 is 0. The summed E-state index contributed by atoms with van der Waals surface area (Å²) in [5.41, 5.74) is 4.00. The Balaban J connectivity index is 2.03. The Morgan fingerprint density at radius 2 is 0.872 bits per heavy atom. The normalized spacial score (nSPS) is 14.6. The second-order valence-electron chi connectivity index (χ2n) is 16.3. The fraction of sp³-hybridized carbons (Fsp3) is 0.707. The maximum Gasteiger partial charge on any atom is 0.330 e. The molecule has 4 nitrogen and oxygen atoms in total. The van der Waals surface area contributed by atoms with Crippen LogP contribution >= 0.6 is 0 Å². The van der Waals surface area contributed by atoms with E-state index in [-0.39, 0.29) is 5.41 Å². The van der Waals surface area contributed by atoms with E-state index in [1.54, 1.807) is 27.7 Å². The maximum atomic E-state index is 10.7. The zero-order valence-electron chi connectivity index (χ0n) is 31.7. The Morgan fingerprint density at radius 1 is 0.532 bits per heavy atom. The molecule has 2 N–H and O–H groups in total. The SMILES string of the molecule is CCCCCCCCC1(CCCCCCCC)c2cc([B]OC(C)(C)C(C)(C)O)ccc2-c2ccc([B]OC(C)(C)C(C)(C)O)cc21. The molecule has 2 radical (unpaired) electrons. The second-order valence-corrected chi connectivity index (χ2v) is 16.3. The number of rotatable bonds is 22. The Labute approximate surface area is 290 Å². The summed E-state index contributed by atoms with van der Waals surface area (Å²) in [7, 11) is 3.68. The second kappa shape index (κ2) is 16.9. The van der Waals surface area contributed by atoms with E-state index in [0.717, 1.165) is 23.8 Å². The van der Waals surface area contributed by atoms with Crippen LogP contribution in [0.15, 0.2) is 36.4 Å². The highest BCUT2D eigenvalue weighted by Gasteiger charge is 2.43. The molecule has 0 aromatic heterocycles. The first-order chi connectivity index (χ1) is 22.0. The standard InChI is InChI=1S/C41H66B2O4/c1-11-13-15-17-19-21-27-41(28-22-20-18-16-14-12-2)35-29-31(42-46-39(7,8)37(3,4)44)23-25-33(35)34-26-24-32(30-36(34)41)43-47-40(9,10)38(5,6)45/h23-26,29-30,44-45H,11-22,27-28H2,1-10H3. The fourth-order valence-electron chi connectivity index (χ4n) is 6.47. The van der Waals surface area contributed by atoms with E-state index in [1.165, 1.54) is 99.3 Å². The molecule has 2 aromatic rings. The molecule has 1 aliphatic rings. The molecule has 2 aromatic carbocycles. The lowest BCUT2D eigenvalue weighted by Crippen LogP contribution is -2.49. The third-order valence-corrected chi connectivity index (χ3v) is 11.2. The minimum absolute atomic E-state index is 0.0919. The molecule has 0 heterocycles. The zero-order valence-corrected chi connectivity index (χ0v) is 31.7. The van der Waals surface area contributed by atoms with Crippen molar-refractivity contribution in [3.8, 4) is 11.1 Å². The maximum absolute atomic E-state index is 10.7. The first-order valence-corrected chi connectivity index (χ1v) is 18.8. The average Bonchev–Trinajstić information content (AvgIpc) is 3.26. The minimum atomic E-state index is -0.982. The number of hydrogen-bond acceptors (Lipinski definition) is 4. The summed E-state index contributed by atoms with van der Waals surface area (Å²) in [6.07, 6.45) is 17.5. The highest BCUT2D eigenvalue weighted by atomic mass is 16.5. The van der Waals surface area contributed by atoms with Gasteiger partial charge in [0.25, 0.3) is 0 Å². The molecule has 0 amide bonds. The largest absolute Gasteiger partial charge is 0.427 e. The van der Waals surface area contributed by atoms with Crippen LogP contribution in [0.5, 0.6) is 0 Å². The molecule has 0 aliphatic heterocycles. The van der Waals surface area contributed by atoms with Crippen molar-refractivity contribution in [1.82, 2.24) is 0 Å². The van der Waals surface area contributed by atoms with Crippen molar-refractivity contribution in [1.29, 1.82) is 0 Å². The van der Waals surface area contributed by atoms with Gasteiger partial charge in [-0.25, -0.2) is 0 Å². The molecular formula is C41H66B2O4. The van der Waals surface area contributed by atoms with E-state index < -0.39 is 22.4 Å². The summed E-state index contributed by atoms with van der Waals surface area (Å²) in [6.45, 7) is 19.5. The first kappa shape index (κ1) is 39.8. The van der Waals surface area contributed by atoms with Crippen LogP contribution in [-0.4, -0.2) is 47.6 Å². The molecule has 0 bridgehead atoms. The minimum Gasteiger partial charge on any atom is -0.427 e. The van der Waals surface area contributed by atoms with E-state index in [4.69, 9.17) is 9.31 Å². The first-order valence-electron chi connectivity index (χ1n) is 18.8. The van der Waals surface area contributed by atoms with Crippen LogP contribution in [0, 0.1) is 0 Å². The fourth-order valence-corrected chi connectivity index (χ4v) is 6.47. The summed E-state index contributed by atoms with van der Waals surface area (Å²) in [5, 5.41) is 21.4. The lowest BCUT2D eigenvalue weighted by atomic mass is 9.68. The van der Waals surface area contributed by atoms with Crippen LogP contribution in [-0.2, 0) is 14.7 Å². The van der Waals surface area contributed by atoms with Crippen LogP contribution in [0.25, 0.3) is 11.1 Å². The van der Waals surface area contributed by atoms with Crippen molar-refractivity contribution in [2.75, 3.05) is 0 Å². The third-order valence-electron chi connectivity index (χ3n) is 11.2. The number of fused-ring (bicyclic) bond motifs is 3. The van der Waals surface area contributed by atoms with Crippen LogP contribution in [0.4, 0.5) is 0 Å². The van der Waals surface area contributed by atoms with Crippen molar-refractivity contribution in [2.45, 2.75) is 187 Å². The summed E-state index contributed by atoms with van der Waals surface area (Å²) in [5.74, 6) is 0. The van der Waals surface area contributed by atoms with Gasteiger partial charge in [0.2, 0.25) is 0 Å². The van der Waals surface area contributed by atoms with Gasteiger partial charge in [-0.05, 0) is 90.5 Å². The lowest BCUT2D eigenvalue weighted by Gasteiger charge is -2.38. The number of hydrogen-bond donors (Lipinski definition) is 2. The predicted molar refractivity (Wildman–Crippen MR) is 202 cm³/mol. The van der Waals surface area contributed by atoms with Crippen LogP contribution in [0.3, 0.4) is 0 Å². The Hall–Kier alpha value is -1.59. The lowest BCUT2D eigenvalue weighted by molar-refractivity contribution is -0.0893. The molecule has 1 aliphatic carbocycles. The predicted octanol–water partition coefficient (Wildman–Crippen LogP) is 9.08. The molecule has 260 valence electrons. The van der Waals surface area contributed by atoms with Crippen molar-refractivity contribution >= 4 is 25.9 Å². The van der Waals surface area contributed by atoms with Crippen molar-refractivity contribution in [2.24, 2.45) is 0 Å². The number of unbranched alkanes of at least 4 members (excludes halogenated alkanes) is 10. The van der Waals surface area contributed by atoms with Gasteiger partial charge in [-0.3, -0.25) is 0 Å². The van der Waals surface area contributed by atoms with Gasteiger partial charge in [-0.1, -0.05) is 138 Å². The van der Waals surface area contributed by atoms with Crippen molar-refractivity contribution in [3.05, 3.63) is 47.5 Å². The van der Waals surface area contributed by atoms with E-state index >= 15 is 0 Å². The van der Waals surface area contributed by atoms with Crippen molar-refractivity contribution in [3.63, 3.8) is 0 Å². The summed E-state index contributed by atoms with van der Waals surface area (Å²) in [4.78, 5) is 0. The van der Waals surface area contributed by atoms with Gasteiger partial charge in [0.05, 0.1) is 22.4 Å². The van der Waals surface area contributed by atoms with E-state index in [1.807, 2.05) is 42.7 Å². The van der Waals surface area contributed by atoms with E-state index in [2.05, 4.69) is 50.2 Å².